The summed E-state index contributed by atoms with van der Waals surface area (Å²) < 4.78 is 18.3. The minimum absolute atomic E-state index is 0.203. The molecule has 1 aliphatic rings. The maximum atomic E-state index is 13.2. The topological polar surface area (TPSA) is 71.2 Å². The van der Waals surface area contributed by atoms with Crippen molar-refractivity contribution in [1.82, 2.24) is 15.5 Å². The third kappa shape index (κ3) is 2.13. The van der Waals surface area contributed by atoms with Crippen molar-refractivity contribution < 1.29 is 14.0 Å². The van der Waals surface area contributed by atoms with E-state index in [0.717, 1.165) is 0 Å². The van der Waals surface area contributed by atoms with E-state index in [2.05, 4.69) is 15.5 Å². The number of halogens is 1. The van der Waals surface area contributed by atoms with Crippen molar-refractivity contribution in [3.05, 3.63) is 35.5 Å². The second kappa shape index (κ2) is 4.40. The van der Waals surface area contributed by atoms with Crippen LogP contribution in [-0.2, 0) is 5.60 Å². The monoisotopic (exact) mass is 263 g/mol. The molecule has 1 saturated heterocycles. The Hall–Kier alpha value is -1.79. The standard InChI is InChI=1S/C13H14FN3O2/c1-8-6-9(2-3-10(8)14)11-16-12(19-17-11)13(18)4-5-15-7-13/h2-3,6,15,18H,4-5,7H2,1H3. The Labute approximate surface area is 109 Å². The second-order valence-corrected chi connectivity index (χ2v) is 4.85. The van der Waals surface area contributed by atoms with E-state index in [-0.39, 0.29) is 11.7 Å². The first-order valence-corrected chi connectivity index (χ1v) is 6.12. The lowest BCUT2D eigenvalue weighted by molar-refractivity contribution is 0.0243. The molecule has 2 heterocycles. The molecule has 1 aromatic heterocycles. The Balaban J connectivity index is 1.94. The molecule has 1 fully saturated rings. The predicted molar refractivity (Wildman–Crippen MR) is 65.8 cm³/mol. The van der Waals surface area contributed by atoms with Crippen LogP contribution in [0.1, 0.15) is 17.9 Å². The molecule has 1 atom stereocenters. The van der Waals surface area contributed by atoms with Gasteiger partial charge in [-0.1, -0.05) is 5.16 Å². The summed E-state index contributed by atoms with van der Waals surface area (Å²) >= 11 is 0. The van der Waals surface area contributed by atoms with E-state index >= 15 is 0 Å². The van der Waals surface area contributed by atoms with Crippen LogP contribution in [0.5, 0.6) is 0 Å². The molecule has 0 aliphatic carbocycles. The van der Waals surface area contributed by atoms with E-state index in [1.54, 1.807) is 19.1 Å². The maximum absolute atomic E-state index is 13.2. The van der Waals surface area contributed by atoms with Gasteiger partial charge < -0.3 is 14.9 Å². The first-order chi connectivity index (χ1) is 9.08. The zero-order valence-corrected chi connectivity index (χ0v) is 10.5. The number of hydrogen-bond donors (Lipinski definition) is 2. The fraction of sp³-hybridized carbons (Fsp3) is 0.385. The van der Waals surface area contributed by atoms with Gasteiger partial charge >= 0.3 is 0 Å². The number of β-amino-alcohol motifs (C(OH)–C–C–N with tert-alkyl or cyclic N) is 1. The largest absolute Gasteiger partial charge is 0.379 e. The van der Waals surface area contributed by atoms with Gasteiger partial charge in [-0.2, -0.15) is 4.98 Å². The van der Waals surface area contributed by atoms with Crippen molar-refractivity contribution >= 4 is 0 Å². The van der Waals surface area contributed by atoms with Crippen molar-refractivity contribution in [3.63, 3.8) is 0 Å². The van der Waals surface area contributed by atoms with Crippen LogP contribution in [0.25, 0.3) is 11.4 Å². The maximum Gasteiger partial charge on any atom is 0.260 e. The highest BCUT2D eigenvalue weighted by Crippen LogP contribution is 2.28. The fourth-order valence-electron chi connectivity index (χ4n) is 2.17. The summed E-state index contributed by atoms with van der Waals surface area (Å²) in [5.74, 6) is 0.291. The van der Waals surface area contributed by atoms with Crippen LogP contribution in [0, 0.1) is 12.7 Å². The summed E-state index contributed by atoms with van der Waals surface area (Å²) in [5.41, 5.74) is 0.0916. The summed E-state index contributed by atoms with van der Waals surface area (Å²) in [6.07, 6.45) is 0.539. The van der Waals surface area contributed by atoms with Crippen LogP contribution in [0.4, 0.5) is 4.39 Å². The van der Waals surface area contributed by atoms with Crippen molar-refractivity contribution in [3.8, 4) is 11.4 Å². The van der Waals surface area contributed by atoms with Crippen LogP contribution in [0.2, 0.25) is 0 Å². The summed E-state index contributed by atoms with van der Waals surface area (Å²) in [5, 5.41) is 17.2. The van der Waals surface area contributed by atoms with Crippen LogP contribution in [0.15, 0.2) is 22.7 Å². The quantitative estimate of drug-likeness (QED) is 0.856. The lowest BCUT2D eigenvalue weighted by Gasteiger charge is -2.14. The highest BCUT2D eigenvalue weighted by atomic mass is 19.1. The number of nitrogens with zero attached hydrogens (tertiary/aromatic N) is 2. The normalized spacial score (nSPS) is 22.9. The van der Waals surface area contributed by atoms with E-state index in [1.807, 2.05) is 0 Å². The molecule has 0 bridgehead atoms. The van der Waals surface area contributed by atoms with E-state index in [4.69, 9.17) is 4.52 Å². The summed E-state index contributed by atoms with van der Waals surface area (Å²) in [6, 6.07) is 4.61. The average Bonchev–Trinajstić information content (AvgIpc) is 3.02. The Morgan fingerprint density at radius 1 is 1.47 bits per heavy atom. The summed E-state index contributed by atoms with van der Waals surface area (Å²) in [6.45, 7) is 2.79. The zero-order chi connectivity index (χ0) is 13.5. The van der Waals surface area contributed by atoms with Gasteiger partial charge in [-0.05, 0) is 43.7 Å². The van der Waals surface area contributed by atoms with Gasteiger partial charge in [0.1, 0.15) is 5.82 Å². The van der Waals surface area contributed by atoms with E-state index < -0.39 is 5.60 Å². The highest BCUT2D eigenvalue weighted by molar-refractivity contribution is 5.55. The smallest absolute Gasteiger partial charge is 0.260 e. The van der Waals surface area contributed by atoms with Crippen molar-refractivity contribution in [2.75, 3.05) is 13.1 Å². The van der Waals surface area contributed by atoms with Crippen molar-refractivity contribution in [2.24, 2.45) is 0 Å². The second-order valence-electron chi connectivity index (χ2n) is 4.85. The first kappa shape index (κ1) is 12.3. The molecule has 0 saturated carbocycles. The fourth-order valence-corrected chi connectivity index (χ4v) is 2.17. The van der Waals surface area contributed by atoms with Crippen LogP contribution in [0.3, 0.4) is 0 Å². The molecule has 2 aromatic rings. The van der Waals surface area contributed by atoms with Gasteiger partial charge in [0.25, 0.3) is 5.89 Å². The first-order valence-electron chi connectivity index (χ1n) is 6.12. The van der Waals surface area contributed by atoms with Gasteiger partial charge in [0.2, 0.25) is 5.82 Å². The molecule has 100 valence electrons. The molecule has 1 aliphatic heterocycles. The Bertz CT molecular complexity index is 606. The van der Waals surface area contributed by atoms with Gasteiger partial charge in [-0.25, -0.2) is 4.39 Å². The molecular weight excluding hydrogens is 249 g/mol. The number of hydrogen-bond acceptors (Lipinski definition) is 5. The van der Waals surface area contributed by atoms with Gasteiger partial charge in [0.05, 0.1) is 0 Å². The third-order valence-electron chi connectivity index (χ3n) is 3.37. The lowest BCUT2D eigenvalue weighted by atomic mass is 10.0. The zero-order valence-electron chi connectivity index (χ0n) is 10.5. The molecule has 5 nitrogen and oxygen atoms in total. The van der Waals surface area contributed by atoms with Gasteiger partial charge in [0.15, 0.2) is 5.60 Å². The van der Waals surface area contributed by atoms with Gasteiger partial charge in [0, 0.05) is 12.1 Å². The number of rotatable bonds is 2. The molecule has 0 amide bonds. The van der Waals surface area contributed by atoms with Crippen LogP contribution < -0.4 is 5.32 Å². The summed E-state index contributed by atoms with van der Waals surface area (Å²) in [7, 11) is 0. The van der Waals surface area contributed by atoms with Crippen LogP contribution >= 0.6 is 0 Å². The van der Waals surface area contributed by atoms with Crippen molar-refractivity contribution in [2.45, 2.75) is 18.9 Å². The molecule has 0 spiro atoms. The minimum Gasteiger partial charge on any atom is -0.379 e. The lowest BCUT2D eigenvalue weighted by Crippen LogP contribution is -2.28. The molecule has 19 heavy (non-hydrogen) atoms. The Kier molecular flexibility index (Phi) is 2.83. The number of aromatic nitrogens is 2. The third-order valence-corrected chi connectivity index (χ3v) is 3.37. The molecule has 0 radical (unpaired) electrons. The molecule has 1 unspecified atom stereocenters. The Morgan fingerprint density at radius 3 is 3.00 bits per heavy atom. The molecule has 2 N–H and O–H groups in total. The molecule has 6 heteroatoms. The van der Waals surface area contributed by atoms with E-state index in [1.165, 1.54) is 6.07 Å². The van der Waals surface area contributed by atoms with Gasteiger partial charge in [-0.15, -0.1) is 0 Å². The number of aliphatic hydroxyl groups is 1. The average molecular weight is 263 g/mol. The highest BCUT2D eigenvalue weighted by Gasteiger charge is 2.38. The number of benzene rings is 1. The van der Waals surface area contributed by atoms with E-state index in [9.17, 15) is 9.50 Å². The van der Waals surface area contributed by atoms with E-state index in [0.29, 0.717) is 36.5 Å². The van der Waals surface area contributed by atoms with Gasteiger partial charge in [-0.3, -0.25) is 0 Å². The number of nitrogens with one attached hydrogen (secondary N) is 1. The SMILES string of the molecule is Cc1cc(-c2noc(C3(O)CCNC3)n2)ccc1F. The minimum atomic E-state index is -1.10. The summed E-state index contributed by atoms with van der Waals surface area (Å²) in [4.78, 5) is 4.21. The number of aryl methyl sites for hydroxylation is 1. The molecule has 1 aromatic carbocycles. The predicted octanol–water partition coefficient (Wildman–Crippen LogP) is 1.37. The Morgan fingerprint density at radius 2 is 2.32 bits per heavy atom. The molecular formula is C13H14FN3O2. The van der Waals surface area contributed by atoms with Crippen LogP contribution in [-0.4, -0.2) is 28.3 Å². The molecule has 3 rings (SSSR count). The van der Waals surface area contributed by atoms with Crippen molar-refractivity contribution in [1.29, 1.82) is 0 Å².